The number of sulfonamides is 1. The molecular weight excluding hydrogens is 386 g/mol. The van der Waals surface area contributed by atoms with Gasteiger partial charge in [0.25, 0.3) is 0 Å². The fourth-order valence-electron chi connectivity index (χ4n) is 4.27. The second-order valence-electron chi connectivity index (χ2n) is 8.26. The molecule has 1 saturated heterocycles. The van der Waals surface area contributed by atoms with Crippen molar-refractivity contribution < 1.29 is 13.2 Å². The first-order valence-corrected chi connectivity index (χ1v) is 12.2. The highest BCUT2D eigenvalue weighted by Gasteiger charge is 2.33. The predicted molar refractivity (Wildman–Crippen MR) is 112 cm³/mol. The van der Waals surface area contributed by atoms with Crippen LogP contribution in [-0.4, -0.2) is 37.3 Å². The van der Waals surface area contributed by atoms with E-state index in [-0.39, 0.29) is 5.91 Å². The maximum atomic E-state index is 12.8. The van der Waals surface area contributed by atoms with Gasteiger partial charge in [-0.15, -0.1) is 0 Å². The third-order valence-corrected chi connectivity index (χ3v) is 7.98. The molecule has 2 fully saturated rings. The van der Waals surface area contributed by atoms with Crippen LogP contribution in [0.1, 0.15) is 69.8 Å². The van der Waals surface area contributed by atoms with Gasteiger partial charge >= 0.3 is 0 Å². The van der Waals surface area contributed by atoms with Crippen LogP contribution in [0.15, 0.2) is 29.2 Å². The number of hydrogen-bond acceptors (Lipinski definition) is 4. The number of nitrogens with zero attached hydrogens (tertiary/aromatic N) is 2. The molecule has 7 heteroatoms. The average Bonchev–Trinajstić information content (AvgIpc) is 3.03. The Morgan fingerprint density at radius 1 is 1.00 bits per heavy atom. The normalized spacial score (nSPS) is 20.4. The van der Waals surface area contributed by atoms with Crippen molar-refractivity contribution in [2.24, 2.45) is 0 Å². The van der Waals surface area contributed by atoms with Crippen LogP contribution in [0.3, 0.4) is 0 Å². The summed E-state index contributed by atoms with van der Waals surface area (Å²) in [5, 5.41) is 12.4. The molecule has 0 bridgehead atoms. The molecule has 0 unspecified atom stereocenters. The van der Waals surface area contributed by atoms with E-state index < -0.39 is 15.6 Å². The molecule has 1 aliphatic heterocycles. The molecule has 0 radical (unpaired) electrons. The van der Waals surface area contributed by atoms with Crippen molar-refractivity contribution in [1.82, 2.24) is 9.62 Å². The molecular formula is C22H31N3O3S. The van der Waals surface area contributed by atoms with Crippen LogP contribution in [-0.2, 0) is 21.2 Å². The lowest BCUT2D eigenvalue weighted by atomic mass is 9.82. The molecule has 1 amide bonds. The van der Waals surface area contributed by atoms with E-state index in [2.05, 4.69) is 11.4 Å². The van der Waals surface area contributed by atoms with Crippen LogP contribution in [0, 0.1) is 11.3 Å². The summed E-state index contributed by atoms with van der Waals surface area (Å²) in [6.45, 7) is 1.18. The summed E-state index contributed by atoms with van der Waals surface area (Å²) in [5.74, 6) is -0.116. The average molecular weight is 418 g/mol. The number of hydrogen-bond donors (Lipinski definition) is 1. The first-order valence-electron chi connectivity index (χ1n) is 10.8. The van der Waals surface area contributed by atoms with Gasteiger partial charge in [0.1, 0.15) is 5.54 Å². The van der Waals surface area contributed by atoms with Crippen LogP contribution in [0.2, 0.25) is 0 Å². The molecule has 3 rings (SSSR count). The fraction of sp³-hybridized carbons (Fsp3) is 0.636. The van der Waals surface area contributed by atoms with Crippen molar-refractivity contribution in [1.29, 1.82) is 5.26 Å². The summed E-state index contributed by atoms with van der Waals surface area (Å²) in [4.78, 5) is 12.7. The minimum Gasteiger partial charge on any atom is -0.338 e. The van der Waals surface area contributed by atoms with Gasteiger partial charge in [-0.2, -0.15) is 9.57 Å². The molecule has 0 spiro atoms. The Labute approximate surface area is 174 Å². The number of carbonyl (C=O) groups is 1. The Morgan fingerprint density at radius 3 is 2.17 bits per heavy atom. The van der Waals surface area contributed by atoms with Crippen LogP contribution in [0.5, 0.6) is 0 Å². The van der Waals surface area contributed by atoms with Gasteiger partial charge in [-0.05, 0) is 49.8 Å². The van der Waals surface area contributed by atoms with Crippen molar-refractivity contribution >= 4 is 15.9 Å². The van der Waals surface area contributed by atoms with Gasteiger partial charge < -0.3 is 5.32 Å². The number of benzene rings is 1. The van der Waals surface area contributed by atoms with Crippen molar-refractivity contribution in [2.75, 3.05) is 13.1 Å². The van der Waals surface area contributed by atoms with E-state index in [9.17, 15) is 18.5 Å². The Kier molecular flexibility index (Phi) is 7.31. The van der Waals surface area contributed by atoms with Crippen molar-refractivity contribution in [3.63, 3.8) is 0 Å². The number of carbonyl (C=O) groups excluding carboxylic acids is 1. The third-order valence-electron chi connectivity index (χ3n) is 6.07. The first-order chi connectivity index (χ1) is 14.0. The molecule has 1 aromatic rings. The topological polar surface area (TPSA) is 90.3 Å². The predicted octanol–water partition coefficient (Wildman–Crippen LogP) is 3.53. The van der Waals surface area contributed by atoms with Gasteiger partial charge in [0, 0.05) is 19.5 Å². The third kappa shape index (κ3) is 5.58. The summed E-state index contributed by atoms with van der Waals surface area (Å²) in [5.41, 5.74) is 0.213. The lowest BCUT2D eigenvalue weighted by Gasteiger charge is -2.31. The maximum absolute atomic E-state index is 12.8. The van der Waals surface area contributed by atoms with Gasteiger partial charge in [0.2, 0.25) is 15.9 Å². The zero-order chi connectivity index (χ0) is 20.7. The molecule has 1 aromatic carbocycles. The molecule has 1 saturated carbocycles. The molecule has 6 nitrogen and oxygen atoms in total. The molecule has 1 aliphatic carbocycles. The highest BCUT2D eigenvalue weighted by molar-refractivity contribution is 7.89. The summed E-state index contributed by atoms with van der Waals surface area (Å²) in [7, 11) is -3.45. The van der Waals surface area contributed by atoms with Gasteiger partial charge in [0.15, 0.2) is 0 Å². The van der Waals surface area contributed by atoms with Crippen LogP contribution in [0.25, 0.3) is 0 Å². The molecule has 158 valence electrons. The Bertz CT molecular complexity index is 829. The van der Waals surface area contributed by atoms with E-state index in [1.807, 2.05) is 0 Å². The number of amides is 1. The highest BCUT2D eigenvalue weighted by Crippen LogP contribution is 2.27. The molecule has 0 atom stereocenters. The van der Waals surface area contributed by atoms with E-state index >= 15 is 0 Å². The standard InChI is InChI=1S/C22H31N3O3S/c23-18-22(14-4-3-5-15-22)24-21(26)13-10-19-8-11-20(12-9-19)29(27,28)25-16-6-1-2-7-17-25/h8-9,11-12H,1-7,10,13-17H2,(H,24,26). The van der Waals surface area contributed by atoms with Gasteiger partial charge in [-0.1, -0.05) is 44.2 Å². The quantitative estimate of drug-likeness (QED) is 0.767. The smallest absolute Gasteiger partial charge is 0.243 e. The first kappa shape index (κ1) is 21.8. The van der Waals surface area contributed by atoms with Crippen LogP contribution >= 0.6 is 0 Å². The van der Waals surface area contributed by atoms with Gasteiger partial charge in [-0.25, -0.2) is 8.42 Å². The van der Waals surface area contributed by atoms with E-state index in [0.717, 1.165) is 63.4 Å². The van der Waals surface area contributed by atoms with E-state index in [4.69, 9.17) is 0 Å². The van der Waals surface area contributed by atoms with Crippen LogP contribution < -0.4 is 5.32 Å². The van der Waals surface area contributed by atoms with Crippen molar-refractivity contribution in [3.8, 4) is 6.07 Å². The highest BCUT2D eigenvalue weighted by atomic mass is 32.2. The van der Waals surface area contributed by atoms with Crippen molar-refractivity contribution in [2.45, 2.75) is 81.1 Å². The van der Waals surface area contributed by atoms with Crippen molar-refractivity contribution in [3.05, 3.63) is 29.8 Å². The lowest BCUT2D eigenvalue weighted by molar-refractivity contribution is -0.122. The number of aryl methyl sites for hydroxylation is 1. The lowest BCUT2D eigenvalue weighted by Crippen LogP contribution is -2.48. The zero-order valence-corrected chi connectivity index (χ0v) is 17.8. The van der Waals surface area contributed by atoms with Crippen LogP contribution in [0.4, 0.5) is 0 Å². The number of nitrogens with one attached hydrogen (secondary N) is 1. The molecule has 1 N–H and O–H groups in total. The number of rotatable bonds is 6. The van der Waals surface area contributed by atoms with E-state index in [1.165, 1.54) is 0 Å². The molecule has 29 heavy (non-hydrogen) atoms. The van der Waals surface area contributed by atoms with E-state index in [1.54, 1.807) is 28.6 Å². The maximum Gasteiger partial charge on any atom is 0.243 e. The summed E-state index contributed by atoms with van der Waals surface area (Å²) in [6.07, 6.45) is 9.32. The molecule has 2 aliphatic rings. The Hall–Kier alpha value is -1.91. The van der Waals surface area contributed by atoms with Gasteiger partial charge in [-0.3, -0.25) is 4.79 Å². The fourth-order valence-corrected chi connectivity index (χ4v) is 5.78. The van der Waals surface area contributed by atoms with E-state index in [0.29, 0.717) is 30.8 Å². The van der Waals surface area contributed by atoms with Gasteiger partial charge in [0.05, 0.1) is 11.0 Å². The number of nitriles is 1. The summed E-state index contributed by atoms with van der Waals surface area (Å²) < 4.78 is 27.3. The Balaban J connectivity index is 1.56. The second kappa shape index (κ2) is 9.73. The zero-order valence-electron chi connectivity index (χ0n) is 17.0. The Morgan fingerprint density at radius 2 is 1.59 bits per heavy atom. The SMILES string of the molecule is N#CC1(NC(=O)CCc2ccc(S(=O)(=O)N3CCCCCC3)cc2)CCCCC1. The second-order valence-corrected chi connectivity index (χ2v) is 10.2. The summed E-state index contributed by atoms with van der Waals surface area (Å²) in [6, 6.07) is 9.17. The minimum atomic E-state index is -3.45. The molecule has 0 aromatic heterocycles. The largest absolute Gasteiger partial charge is 0.338 e. The molecule has 1 heterocycles. The minimum absolute atomic E-state index is 0.116. The monoisotopic (exact) mass is 417 g/mol. The summed E-state index contributed by atoms with van der Waals surface area (Å²) >= 11 is 0.